The number of nitrogens with zero attached hydrogens (tertiary/aromatic N) is 2. The van der Waals surface area contributed by atoms with Gasteiger partial charge in [0.2, 0.25) is 5.91 Å². The van der Waals surface area contributed by atoms with Crippen molar-refractivity contribution < 1.29 is 27.9 Å². The van der Waals surface area contributed by atoms with E-state index in [4.69, 9.17) is 0 Å². The van der Waals surface area contributed by atoms with E-state index in [9.17, 15) is 27.9 Å². The third-order valence-corrected chi connectivity index (χ3v) is 7.99. The van der Waals surface area contributed by atoms with Gasteiger partial charge in [0.05, 0.1) is 11.3 Å². The number of likely N-dealkylation sites (tertiary alicyclic amines) is 1. The Morgan fingerprint density at radius 3 is 2.50 bits per heavy atom. The van der Waals surface area contributed by atoms with Gasteiger partial charge in [0.25, 0.3) is 0 Å². The normalized spacial score (nSPS) is 24.6. The molecule has 2 fully saturated rings. The van der Waals surface area contributed by atoms with Crippen LogP contribution in [-0.4, -0.2) is 39.8 Å². The van der Waals surface area contributed by atoms with Crippen LogP contribution in [-0.2, 0) is 16.6 Å². The number of aliphatic hydroxyl groups is 1. The number of Topliss-reactive ketones (excluding diaryl/α,β-unsaturated/α-hetero) is 1. The van der Waals surface area contributed by atoms with E-state index in [2.05, 4.69) is 20.9 Å². The van der Waals surface area contributed by atoms with E-state index in [1.165, 1.54) is 12.1 Å². The molecule has 2 aromatic rings. The molecule has 4 rings (SSSR count). The summed E-state index contributed by atoms with van der Waals surface area (Å²) in [6.07, 6.45) is 2.14. The Balaban J connectivity index is 1.21. The number of halogens is 4. The average Bonchev–Trinajstić information content (AvgIpc) is 3.32. The van der Waals surface area contributed by atoms with Crippen LogP contribution in [0.15, 0.2) is 47.1 Å². The molecule has 1 aromatic carbocycles. The lowest BCUT2D eigenvalue weighted by molar-refractivity contribution is -0.137. The van der Waals surface area contributed by atoms with Gasteiger partial charge in [-0.3, -0.25) is 14.6 Å². The highest BCUT2D eigenvalue weighted by Crippen LogP contribution is 2.42. The van der Waals surface area contributed by atoms with E-state index in [-0.39, 0.29) is 24.3 Å². The van der Waals surface area contributed by atoms with Crippen LogP contribution in [0.2, 0.25) is 0 Å². The van der Waals surface area contributed by atoms with Gasteiger partial charge < -0.3 is 10.0 Å². The molecule has 2 aliphatic rings. The van der Waals surface area contributed by atoms with Crippen LogP contribution in [0.25, 0.3) is 0 Å². The Morgan fingerprint density at radius 2 is 1.83 bits per heavy atom. The highest BCUT2D eigenvalue weighted by molar-refractivity contribution is 9.10. The third kappa shape index (κ3) is 6.54. The molecule has 9 heteroatoms. The second-order valence-corrected chi connectivity index (χ2v) is 11.0. The van der Waals surface area contributed by atoms with Crippen LogP contribution in [0.3, 0.4) is 0 Å². The van der Waals surface area contributed by atoms with Gasteiger partial charge in [0.1, 0.15) is 5.60 Å². The van der Waals surface area contributed by atoms with Crippen molar-refractivity contribution in [2.24, 2.45) is 11.8 Å². The summed E-state index contributed by atoms with van der Waals surface area (Å²) in [5.74, 6) is 0.288. The van der Waals surface area contributed by atoms with E-state index in [1.807, 2.05) is 12.1 Å². The van der Waals surface area contributed by atoms with E-state index < -0.39 is 23.1 Å². The van der Waals surface area contributed by atoms with Gasteiger partial charge in [-0.15, -0.1) is 0 Å². The number of hydrogen-bond donors (Lipinski definition) is 1. The highest BCUT2D eigenvalue weighted by Gasteiger charge is 2.37. The van der Waals surface area contributed by atoms with E-state index in [0.717, 1.165) is 42.3 Å². The van der Waals surface area contributed by atoms with Crippen molar-refractivity contribution in [3.05, 3.63) is 63.9 Å². The van der Waals surface area contributed by atoms with E-state index in [1.54, 1.807) is 11.1 Å². The Kier molecular flexibility index (Phi) is 8.19. The average molecular weight is 567 g/mol. The van der Waals surface area contributed by atoms with Crippen LogP contribution in [0.5, 0.6) is 0 Å². The monoisotopic (exact) mass is 566 g/mol. The number of benzene rings is 1. The zero-order chi connectivity index (χ0) is 25.9. The Hall–Kier alpha value is -2.26. The first-order chi connectivity index (χ1) is 17.0. The quantitative estimate of drug-likeness (QED) is 0.408. The summed E-state index contributed by atoms with van der Waals surface area (Å²) >= 11 is 3.37. The van der Waals surface area contributed by atoms with Gasteiger partial charge in [-0.1, -0.05) is 12.1 Å². The summed E-state index contributed by atoms with van der Waals surface area (Å²) in [6.45, 7) is 1.28. The smallest absolute Gasteiger partial charge is 0.384 e. The highest BCUT2D eigenvalue weighted by atomic mass is 79.9. The SMILES string of the molecule is O=C(CCC(=O)N1CCC(CC2CCC(O)(c3ccc(Br)cn3)CC2)C1)c1cccc(C(F)(F)F)c1. The first-order valence-electron chi connectivity index (χ1n) is 12.4. The van der Waals surface area contributed by atoms with Crippen molar-refractivity contribution in [1.82, 2.24) is 9.88 Å². The fourth-order valence-corrected chi connectivity index (χ4v) is 5.65. The number of carbonyl (C=O) groups is 2. The van der Waals surface area contributed by atoms with Crippen LogP contribution in [0.1, 0.15) is 73.0 Å². The summed E-state index contributed by atoms with van der Waals surface area (Å²) in [5, 5.41) is 11.1. The molecule has 1 aliphatic carbocycles. The zero-order valence-corrected chi connectivity index (χ0v) is 21.5. The van der Waals surface area contributed by atoms with Crippen molar-refractivity contribution in [3.63, 3.8) is 0 Å². The second-order valence-electron chi connectivity index (χ2n) is 10.1. The molecule has 1 amide bonds. The number of ketones is 1. The zero-order valence-electron chi connectivity index (χ0n) is 19.9. The standard InChI is InChI=1S/C27H30BrF3N2O3/c28-22-4-6-24(32-16-22)26(36)11-8-18(9-12-26)14-19-10-13-33(17-19)25(35)7-5-23(34)20-2-1-3-21(15-20)27(29,30)31/h1-4,6,15-16,18-19,36H,5,7-14,17H2. The molecule has 1 saturated heterocycles. The van der Waals surface area contributed by atoms with Crippen molar-refractivity contribution >= 4 is 27.6 Å². The number of pyridine rings is 1. The molecule has 1 aliphatic heterocycles. The fraction of sp³-hybridized carbons (Fsp3) is 0.519. The minimum Gasteiger partial charge on any atom is -0.384 e. The molecule has 1 N–H and O–H groups in total. The molecule has 0 bridgehead atoms. The van der Waals surface area contributed by atoms with Gasteiger partial charge in [-0.05, 0) is 90.6 Å². The predicted molar refractivity (Wildman–Crippen MR) is 132 cm³/mol. The number of carbonyl (C=O) groups excluding carboxylic acids is 2. The molecular formula is C27H30BrF3N2O3. The van der Waals surface area contributed by atoms with E-state index >= 15 is 0 Å². The Morgan fingerprint density at radius 1 is 1.08 bits per heavy atom. The molecule has 1 unspecified atom stereocenters. The summed E-state index contributed by atoms with van der Waals surface area (Å²) in [4.78, 5) is 31.2. The molecule has 2 heterocycles. The maximum Gasteiger partial charge on any atom is 0.416 e. The number of alkyl halides is 3. The van der Waals surface area contributed by atoms with Crippen molar-refractivity contribution in [2.45, 2.75) is 63.1 Å². The lowest BCUT2D eigenvalue weighted by Crippen LogP contribution is -2.33. The molecule has 0 spiro atoms. The van der Waals surface area contributed by atoms with Gasteiger partial charge >= 0.3 is 6.18 Å². The van der Waals surface area contributed by atoms with Gasteiger partial charge in [0.15, 0.2) is 5.78 Å². The number of rotatable bonds is 7. The summed E-state index contributed by atoms with van der Waals surface area (Å²) < 4.78 is 39.6. The van der Waals surface area contributed by atoms with E-state index in [0.29, 0.717) is 43.5 Å². The third-order valence-electron chi connectivity index (χ3n) is 7.52. The summed E-state index contributed by atoms with van der Waals surface area (Å²) in [5.41, 5.74) is -1.06. The summed E-state index contributed by atoms with van der Waals surface area (Å²) in [7, 11) is 0. The van der Waals surface area contributed by atoms with Gasteiger partial charge in [0, 0.05) is 42.2 Å². The van der Waals surface area contributed by atoms with Crippen LogP contribution in [0.4, 0.5) is 13.2 Å². The first-order valence-corrected chi connectivity index (χ1v) is 13.2. The lowest BCUT2D eigenvalue weighted by atomic mass is 9.74. The maximum absolute atomic E-state index is 12.9. The van der Waals surface area contributed by atoms with Crippen LogP contribution in [0, 0.1) is 11.8 Å². The molecular weight excluding hydrogens is 537 g/mol. The molecule has 5 nitrogen and oxygen atoms in total. The topological polar surface area (TPSA) is 70.5 Å². The molecule has 0 radical (unpaired) electrons. The van der Waals surface area contributed by atoms with Crippen molar-refractivity contribution in [3.8, 4) is 0 Å². The number of amides is 1. The lowest BCUT2D eigenvalue weighted by Gasteiger charge is -2.36. The molecule has 1 saturated carbocycles. The number of aromatic nitrogens is 1. The van der Waals surface area contributed by atoms with Gasteiger partial charge in [-0.2, -0.15) is 13.2 Å². The fourth-order valence-electron chi connectivity index (χ4n) is 5.41. The van der Waals surface area contributed by atoms with Crippen molar-refractivity contribution in [1.29, 1.82) is 0 Å². The largest absolute Gasteiger partial charge is 0.416 e. The number of hydrogen-bond acceptors (Lipinski definition) is 4. The van der Waals surface area contributed by atoms with Gasteiger partial charge in [-0.25, -0.2) is 0 Å². The molecule has 36 heavy (non-hydrogen) atoms. The minimum atomic E-state index is -4.51. The maximum atomic E-state index is 12.9. The first kappa shape index (κ1) is 26.8. The van der Waals surface area contributed by atoms with Crippen LogP contribution >= 0.6 is 15.9 Å². The summed E-state index contributed by atoms with van der Waals surface area (Å²) in [6, 6.07) is 8.09. The molecule has 1 aromatic heterocycles. The van der Waals surface area contributed by atoms with Crippen molar-refractivity contribution in [2.75, 3.05) is 13.1 Å². The predicted octanol–water partition coefficient (Wildman–Crippen LogP) is 6.14. The minimum absolute atomic E-state index is 0.00154. The van der Waals surface area contributed by atoms with Crippen LogP contribution < -0.4 is 0 Å². The molecule has 1 atom stereocenters. The second kappa shape index (κ2) is 11.0. The Labute approximate surface area is 217 Å². The molecule has 194 valence electrons. The Bertz CT molecular complexity index is 1080.